The lowest BCUT2D eigenvalue weighted by Gasteiger charge is -2.14. The van der Waals surface area contributed by atoms with Gasteiger partial charge in [-0.05, 0) is 37.6 Å². The van der Waals surface area contributed by atoms with Gasteiger partial charge in [0.1, 0.15) is 0 Å². The second-order valence-corrected chi connectivity index (χ2v) is 6.83. The molecule has 1 aromatic heterocycles. The Morgan fingerprint density at radius 3 is 2.43 bits per heavy atom. The van der Waals surface area contributed by atoms with Crippen molar-refractivity contribution in [2.75, 3.05) is 5.32 Å². The number of benzene rings is 2. The van der Waals surface area contributed by atoms with Crippen LogP contribution in [0.3, 0.4) is 0 Å². The van der Waals surface area contributed by atoms with E-state index in [1.54, 1.807) is 0 Å². The van der Waals surface area contributed by atoms with Gasteiger partial charge in [0.2, 0.25) is 5.91 Å². The van der Waals surface area contributed by atoms with Gasteiger partial charge < -0.3 is 10.6 Å². The molecule has 28 heavy (non-hydrogen) atoms. The van der Waals surface area contributed by atoms with Gasteiger partial charge in [-0.3, -0.25) is 9.59 Å². The van der Waals surface area contributed by atoms with Gasteiger partial charge in [-0.15, -0.1) is 0 Å². The molecule has 0 saturated heterocycles. The topological polar surface area (TPSA) is 71.1 Å². The number of hydrogen-bond acceptors (Lipinski definition) is 3. The normalized spacial score (nSPS) is 11.8. The minimum Gasteiger partial charge on any atom is -0.350 e. The fraction of sp³-hybridized carbons (Fsp3) is 0.261. The number of carbonyl (C=O) groups is 2. The van der Waals surface area contributed by atoms with E-state index in [-0.39, 0.29) is 17.9 Å². The molecule has 0 spiro atoms. The molecule has 144 valence electrons. The molecule has 0 aliphatic rings. The van der Waals surface area contributed by atoms with E-state index in [1.807, 2.05) is 75.4 Å². The van der Waals surface area contributed by atoms with Gasteiger partial charge in [0.05, 0.1) is 16.8 Å². The lowest BCUT2D eigenvalue weighted by Crippen LogP contribution is -2.32. The summed E-state index contributed by atoms with van der Waals surface area (Å²) in [7, 11) is 0. The number of amides is 2. The number of hydrogen-bond donors (Lipinski definition) is 2. The van der Waals surface area contributed by atoms with Crippen LogP contribution in [0.25, 0.3) is 22.2 Å². The van der Waals surface area contributed by atoms with Crippen molar-refractivity contribution in [1.82, 2.24) is 10.3 Å². The maximum Gasteiger partial charge on any atom is 0.252 e. The molecule has 0 aliphatic carbocycles. The minimum atomic E-state index is -0.0963. The van der Waals surface area contributed by atoms with Crippen molar-refractivity contribution < 1.29 is 9.59 Å². The molecule has 2 amide bonds. The summed E-state index contributed by atoms with van der Waals surface area (Å²) in [5, 5.41) is 6.71. The first kappa shape index (κ1) is 19.5. The van der Waals surface area contributed by atoms with Gasteiger partial charge in [0, 0.05) is 29.1 Å². The molecule has 5 nitrogen and oxygen atoms in total. The molecule has 2 aromatic carbocycles. The number of nitrogens with zero attached hydrogens (tertiary/aromatic N) is 1. The average molecular weight is 375 g/mol. The molecular formula is C23H25N3O2. The number of carbonyl (C=O) groups excluding carboxylic acids is 2. The van der Waals surface area contributed by atoms with Gasteiger partial charge >= 0.3 is 0 Å². The third kappa shape index (κ3) is 4.36. The molecule has 1 heterocycles. The summed E-state index contributed by atoms with van der Waals surface area (Å²) in [6.45, 7) is 5.85. The summed E-state index contributed by atoms with van der Waals surface area (Å²) in [5.74, 6) is -0.124. The van der Waals surface area contributed by atoms with Gasteiger partial charge in [-0.2, -0.15) is 0 Å². The molecular weight excluding hydrogens is 350 g/mol. The van der Waals surface area contributed by atoms with Gasteiger partial charge in [-0.25, -0.2) is 4.98 Å². The second kappa shape index (κ2) is 8.65. The molecule has 5 heteroatoms. The Balaban J connectivity index is 2.00. The third-order valence-corrected chi connectivity index (χ3v) is 4.74. The fourth-order valence-corrected chi connectivity index (χ4v) is 2.89. The average Bonchev–Trinajstić information content (AvgIpc) is 2.73. The van der Waals surface area contributed by atoms with E-state index in [0.717, 1.165) is 34.3 Å². The summed E-state index contributed by atoms with van der Waals surface area (Å²) in [6.07, 6.45) is 1.30. The predicted molar refractivity (Wildman–Crippen MR) is 113 cm³/mol. The number of nitrogens with one attached hydrogen (secondary N) is 2. The standard InChI is InChI=1S/C23H25N3O2/c1-4-15(3)24-23(28)19-14-21(26-20-9-7-6-8-18(19)20)16-10-12-17(13-11-16)25-22(27)5-2/h6-15H,4-5H2,1-3H3,(H,24,28)(H,25,27). The Morgan fingerprint density at radius 2 is 1.75 bits per heavy atom. The quantitative estimate of drug-likeness (QED) is 0.651. The first-order valence-corrected chi connectivity index (χ1v) is 9.62. The molecule has 0 bridgehead atoms. The zero-order valence-electron chi connectivity index (χ0n) is 16.5. The zero-order chi connectivity index (χ0) is 20.1. The van der Waals surface area contributed by atoms with Crippen LogP contribution in [-0.4, -0.2) is 22.8 Å². The van der Waals surface area contributed by atoms with Gasteiger partial charge in [0.15, 0.2) is 0 Å². The van der Waals surface area contributed by atoms with Crippen LogP contribution in [0.15, 0.2) is 54.6 Å². The van der Waals surface area contributed by atoms with E-state index in [1.165, 1.54) is 0 Å². The molecule has 0 fully saturated rings. The molecule has 1 unspecified atom stereocenters. The highest BCUT2D eigenvalue weighted by Crippen LogP contribution is 2.26. The highest BCUT2D eigenvalue weighted by Gasteiger charge is 2.15. The van der Waals surface area contributed by atoms with Crippen LogP contribution in [-0.2, 0) is 4.79 Å². The Morgan fingerprint density at radius 1 is 1.04 bits per heavy atom. The molecule has 1 atom stereocenters. The smallest absolute Gasteiger partial charge is 0.252 e. The van der Waals surface area contributed by atoms with Crippen LogP contribution in [0.1, 0.15) is 44.0 Å². The predicted octanol–water partition coefficient (Wildman–Crippen LogP) is 4.78. The van der Waals surface area contributed by atoms with E-state index < -0.39 is 0 Å². The number of aromatic nitrogens is 1. The molecule has 2 N–H and O–H groups in total. The first-order chi connectivity index (χ1) is 13.5. The van der Waals surface area contributed by atoms with Gasteiger partial charge in [-0.1, -0.05) is 44.2 Å². The van der Waals surface area contributed by atoms with Gasteiger partial charge in [0.25, 0.3) is 5.91 Å². The van der Waals surface area contributed by atoms with Crippen molar-refractivity contribution in [1.29, 1.82) is 0 Å². The van der Waals surface area contributed by atoms with Crippen LogP contribution in [0, 0.1) is 0 Å². The zero-order valence-corrected chi connectivity index (χ0v) is 16.5. The monoisotopic (exact) mass is 375 g/mol. The molecule has 0 aliphatic heterocycles. The van der Waals surface area contributed by atoms with E-state index in [4.69, 9.17) is 4.98 Å². The summed E-state index contributed by atoms with van der Waals surface area (Å²) in [5.41, 5.74) is 3.74. The molecule has 0 saturated carbocycles. The number of anilines is 1. The van der Waals surface area contributed by atoms with Crippen LogP contribution < -0.4 is 10.6 Å². The maximum absolute atomic E-state index is 12.8. The van der Waals surface area contributed by atoms with Crippen LogP contribution in [0.5, 0.6) is 0 Å². The van der Waals surface area contributed by atoms with Crippen molar-refractivity contribution in [2.24, 2.45) is 0 Å². The Bertz CT molecular complexity index is 996. The minimum absolute atomic E-state index is 0.0272. The summed E-state index contributed by atoms with van der Waals surface area (Å²) >= 11 is 0. The highest BCUT2D eigenvalue weighted by molar-refractivity contribution is 6.07. The fourth-order valence-electron chi connectivity index (χ4n) is 2.89. The Hall–Kier alpha value is -3.21. The molecule has 3 rings (SSSR count). The largest absolute Gasteiger partial charge is 0.350 e. The Kier molecular flexibility index (Phi) is 6.04. The maximum atomic E-state index is 12.8. The van der Waals surface area contributed by atoms with Crippen LogP contribution >= 0.6 is 0 Å². The summed E-state index contributed by atoms with van der Waals surface area (Å²) < 4.78 is 0. The van der Waals surface area contributed by atoms with E-state index >= 15 is 0 Å². The SMILES string of the molecule is CCC(=O)Nc1ccc(-c2cc(C(=O)NC(C)CC)c3ccccc3n2)cc1. The van der Waals surface area contributed by atoms with Crippen molar-refractivity contribution in [3.63, 3.8) is 0 Å². The lowest BCUT2D eigenvalue weighted by molar-refractivity contribution is -0.115. The Labute approximate surface area is 165 Å². The van der Waals surface area contributed by atoms with Crippen molar-refractivity contribution in [2.45, 2.75) is 39.7 Å². The second-order valence-electron chi connectivity index (χ2n) is 6.83. The third-order valence-electron chi connectivity index (χ3n) is 4.74. The van der Waals surface area contributed by atoms with Crippen molar-refractivity contribution >= 4 is 28.4 Å². The molecule has 3 aromatic rings. The van der Waals surface area contributed by atoms with E-state index in [2.05, 4.69) is 10.6 Å². The molecule has 0 radical (unpaired) electrons. The lowest BCUT2D eigenvalue weighted by atomic mass is 10.0. The van der Waals surface area contributed by atoms with Crippen LogP contribution in [0.2, 0.25) is 0 Å². The number of rotatable bonds is 6. The first-order valence-electron chi connectivity index (χ1n) is 9.62. The highest BCUT2D eigenvalue weighted by atomic mass is 16.2. The number of para-hydroxylation sites is 1. The van der Waals surface area contributed by atoms with Crippen molar-refractivity contribution in [3.8, 4) is 11.3 Å². The number of pyridine rings is 1. The van der Waals surface area contributed by atoms with E-state index in [0.29, 0.717) is 12.0 Å². The van der Waals surface area contributed by atoms with E-state index in [9.17, 15) is 9.59 Å². The number of fused-ring (bicyclic) bond motifs is 1. The summed E-state index contributed by atoms with van der Waals surface area (Å²) in [4.78, 5) is 29.1. The van der Waals surface area contributed by atoms with Crippen LogP contribution in [0.4, 0.5) is 5.69 Å². The van der Waals surface area contributed by atoms with Crippen molar-refractivity contribution in [3.05, 3.63) is 60.2 Å². The summed E-state index contributed by atoms with van der Waals surface area (Å²) in [6, 6.07) is 17.1.